The van der Waals surface area contributed by atoms with Crippen LogP contribution in [0.3, 0.4) is 0 Å². The Morgan fingerprint density at radius 3 is 2.73 bits per heavy atom. The van der Waals surface area contributed by atoms with Crippen molar-refractivity contribution in [3.8, 4) is 0 Å². The van der Waals surface area contributed by atoms with Crippen molar-refractivity contribution in [3.63, 3.8) is 0 Å². The number of carbonyl (C=O) groups excluding carboxylic acids is 1. The summed E-state index contributed by atoms with van der Waals surface area (Å²) < 4.78 is 0. The minimum Gasteiger partial charge on any atom is -0.356 e. The molecule has 0 bridgehead atoms. The summed E-state index contributed by atoms with van der Waals surface area (Å²) in [6.07, 6.45) is 2.41. The number of nitrogens with zero attached hydrogens (tertiary/aromatic N) is 3. The Kier molecular flexibility index (Phi) is 6.12. The highest BCUT2D eigenvalue weighted by Crippen LogP contribution is 2.20. The third-order valence-corrected chi connectivity index (χ3v) is 4.42. The van der Waals surface area contributed by atoms with Crippen LogP contribution in [0.1, 0.15) is 18.5 Å². The van der Waals surface area contributed by atoms with Gasteiger partial charge in [-0.3, -0.25) is 0 Å². The van der Waals surface area contributed by atoms with Gasteiger partial charge in [-0.1, -0.05) is 23.7 Å². The molecule has 0 aliphatic carbocycles. The molecule has 0 spiro atoms. The number of halogens is 1. The quantitative estimate of drug-likeness (QED) is 0.676. The van der Waals surface area contributed by atoms with Crippen LogP contribution in [0.4, 0.5) is 22.2 Å². The molecule has 0 radical (unpaired) electrons. The molecule has 2 heterocycles. The van der Waals surface area contributed by atoms with E-state index < -0.39 is 0 Å². The van der Waals surface area contributed by atoms with Crippen LogP contribution < -0.4 is 20.9 Å². The normalized spacial score (nSPS) is 13.5. The number of para-hydroxylation sites is 1. The molecular weight excluding hydrogens is 352 g/mol. The number of rotatable bonds is 6. The predicted octanol–water partition coefficient (Wildman–Crippen LogP) is 3.27. The Labute approximate surface area is 158 Å². The maximum Gasteiger partial charge on any atom is 0.319 e. The van der Waals surface area contributed by atoms with Gasteiger partial charge in [0.1, 0.15) is 5.82 Å². The average molecular weight is 375 g/mol. The largest absolute Gasteiger partial charge is 0.356 e. The molecule has 1 saturated heterocycles. The molecule has 1 fully saturated rings. The van der Waals surface area contributed by atoms with Gasteiger partial charge in [0.2, 0.25) is 5.95 Å². The third-order valence-electron chi connectivity index (χ3n) is 4.09. The number of hydrogen-bond donors (Lipinski definition) is 3. The number of anilines is 3. The van der Waals surface area contributed by atoms with Crippen molar-refractivity contribution in [2.24, 2.45) is 0 Å². The highest BCUT2D eigenvalue weighted by Gasteiger charge is 2.15. The molecule has 1 aliphatic heterocycles. The lowest BCUT2D eigenvalue weighted by atomic mass is 10.3. The summed E-state index contributed by atoms with van der Waals surface area (Å²) in [6, 6.07) is 8.81. The maximum atomic E-state index is 11.9. The number of hydrogen-bond acceptors (Lipinski definition) is 5. The van der Waals surface area contributed by atoms with Gasteiger partial charge in [0.25, 0.3) is 0 Å². The van der Waals surface area contributed by atoms with E-state index in [1.165, 1.54) is 12.8 Å². The third kappa shape index (κ3) is 4.98. The molecule has 3 rings (SSSR count). The van der Waals surface area contributed by atoms with Crippen LogP contribution in [0.15, 0.2) is 30.3 Å². The molecule has 2 amide bonds. The predicted molar refractivity (Wildman–Crippen MR) is 105 cm³/mol. The lowest BCUT2D eigenvalue weighted by Gasteiger charge is -2.17. The fourth-order valence-electron chi connectivity index (χ4n) is 2.82. The van der Waals surface area contributed by atoms with Crippen LogP contribution in [0, 0.1) is 6.92 Å². The van der Waals surface area contributed by atoms with Gasteiger partial charge in [-0.05, 0) is 31.9 Å². The Balaban J connectivity index is 1.46. The van der Waals surface area contributed by atoms with Crippen molar-refractivity contribution < 1.29 is 4.79 Å². The minimum atomic E-state index is -0.303. The van der Waals surface area contributed by atoms with Gasteiger partial charge in [-0.25, -0.2) is 9.78 Å². The smallest absolute Gasteiger partial charge is 0.319 e. The first-order valence-corrected chi connectivity index (χ1v) is 9.13. The van der Waals surface area contributed by atoms with Crippen molar-refractivity contribution in [2.45, 2.75) is 19.8 Å². The zero-order chi connectivity index (χ0) is 18.4. The Morgan fingerprint density at radius 1 is 1.19 bits per heavy atom. The van der Waals surface area contributed by atoms with Gasteiger partial charge in [0, 0.05) is 37.9 Å². The van der Waals surface area contributed by atoms with E-state index in [0.717, 1.165) is 24.6 Å². The van der Waals surface area contributed by atoms with Crippen LogP contribution in [-0.4, -0.2) is 42.2 Å². The van der Waals surface area contributed by atoms with Gasteiger partial charge in [0.05, 0.1) is 10.7 Å². The summed E-state index contributed by atoms with van der Waals surface area (Å²) in [5.41, 5.74) is 1.51. The number of aryl methyl sites for hydroxylation is 1. The summed E-state index contributed by atoms with van der Waals surface area (Å²) in [6.45, 7) is 5.01. The zero-order valence-corrected chi connectivity index (χ0v) is 15.5. The van der Waals surface area contributed by atoms with Crippen LogP contribution in [0.5, 0.6) is 0 Å². The van der Waals surface area contributed by atoms with Crippen LogP contribution in [0.2, 0.25) is 5.02 Å². The number of benzene rings is 1. The first-order valence-electron chi connectivity index (χ1n) is 8.76. The van der Waals surface area contributed by atoms with E-state index >= 15 is 0 Å². The van der Waals surface area contributed by atoms with Gasteiger partial charge >= 0.3 is 6.03 Å². The van der Waals surface area contributed by atoms with Crippen molar-refractivity contribution in [1.82, 2.24) is 15.3 Å². The Morgan fingerprint density at radius 2 is 1.96 bits per heavy atom. The first-order chi connectivity index (χ1) is 12.6. The van der Waals surface area contributed by atoms with Crippen molar-refractivity contribution >= 4 is 35.1 Å². The highest BCUT2D eigenvalue weighted by atomic mass is 35.5. The standard InChI is InChI=1S/C18H23ClN6O/c1-13-12-16(25-10-4-5-11-25)24-17(22-13)20-8-9-21-18(26)23-15-7-3-2-6-14(15)19/h2-3,6-7,12H,4-5,8-11H2,1H3,(H,20,22,24)(H2,21,23,26). The van der Waals surface area contributed by atoms with Gasteiger partial charge < -0.3 is 20.9 Å². The van der Waals surface area contributed by atoms with Gasteiger partial charge in [-0.15, -0.1) is 0 Å². The summed E-state index contributed by atoms with van der Waals surface area (Å²) in [5.74, 6) is 1.54. The average Bonchev–Trinajstić information content (AvgIpc) is 3.15. The molecule has 0 saturated carbocycles. The van der Waals surface area contributed by atoms with Crippen molar-refractivity contribution in [1.29, 1.82) is 0 Å². The van der Waals surface area contributed by atoms with Gasteiger partial charge in [-0.2, -0.15) is 4.98 Å². The Hall–Kier alpha value is -2.54. The van der Waals surface area contributed by atoms with E-state index in [-0.39, 0.29) is 6.03 Å². The lowest BCUT2D eigenvalue weighted by molar-refractivity contribution is 0.252. The van der Waals surface area contributed by atoms with Crippen LogP contribution in [-0.2, 0) is 0 Å². The molecule has 138 valence electrons. The molecule has 26 heavy (non-hydrogen) atoms. The number of aromatic nitrogens is 2. The van der Waals surface area contributed by atoms with E-state index in [9.17, 15) is 4.79 Å². The minimum absolute atomic E-state index is 0.303. The molecule has 3 N–H and O–H groups in total. The molecule has 0 atom stereocenters. The van der Waals surface area contributed by atoms with Crippen molar-refractivity contribution in [3.05, 3.63) is 41.0 Å². The number of amides is 2. The van der Waals surface area contributed by atoms with Gasteiger partial charge in [0.15, 0.2) is 0 Å². The fourth-order valence-corrected chi connectivity index (χ4v) is 3.00. The number of urea groups is 1. The van der Waals surface area contributed by atoms with Crippen LogP contribution >= 0.6 is 11.6 Å². The van der Waals surface area contributed by atoms with Crippen LogP contribution in [0.25, 0.3) is 0 Å². The number of nitrogens with one attached hydrogen (secondary N) is 3. The molecule has 1 aliphatic rings. The maximum absolute atomic E-state index is 11.9. The molecule has 2 aromatic rings. The molecular formula is C18H23ClN6O. The lowest BCUT2D eigenvalue weighted by Crippen LogP contribution is -2.33. The zero-order valence-electron chi connectivity index (χ0n) is 14.8. The second kappa shape index (κ2) is 8.71. The number of carbonyl (C=O) groups is 1. The SMILES string of the molecule is Cc1cc(N2CCCC2)nc(NCCNC(=O)Nc2ccccc2Cl)n1. The first kappa shape index (κ1) is 18.3. The fraction of sp³-hybridized carbons (Fsp3) is 0.389. The molecule has 8 heteroatoms. The highest BCUT2D eigenvalue weighted by molar-refractivity contribution is 6.33. The van der Waals surface area contributed by atoms with E-state index in [1.807, 2.05) is 25.1 Å². The second-order valence-electron chi connectivity index (χ2n) is 6.17. The van der Waals surface area contributed by atoms with E-state index in [0.29, 0.717) is 29.7 Å². The topological polar surface area (TPSA) is 82.2 Å². The van der Waals surface area contributed by atoms with E-state index in [1.54, 1.807) is 12.1 Å². The summed E-state index contributed by atoms with van der Waals surface area (Å²) in [5, 5.41) is 9.16. The monoisotopic (exact) mass is 374 g/mol. The van der Waals surface area contributed by atoms with Crippen molar-refractivity contribution in [2.75, 3.05) is 41.7 Å². The van der Waals surface area contributed by atoms with E-state index in [2.05, 4.69) is 30.8 Å². The molecule has 7 nitrogen and oxygen atoms in total. The molecule has 0 unspecified atom stereocenters. The van der Waals surface area contributed by atoms with E-state index in [4.69, 9.17) is 11.6 Å². The summed E-state index contributed by atoms with van der Waals surface area (Å²) >= 11 is 6.02. The summed E-state index contributed by atoms with van der Waals surface area (Å²) in [7, 11) is 0. The summed E-state index contributed by atoms with van der Waals surface area (Å²) in [4.78, 5) is 23.2. The molecule has 1 aromatic heterocycles. The second-order valence-corrected chi connectivity index (χ2v) is 6.58. The Bertz CT molecular complexity index is 763. The molecule has 1 aromatic carbocycles.